The number of amides is 5. The van der Waals surface area contributed by atoms with E-state index in [4.69, 9.17) is 17.2 Å². The van der Waals surface area contributed by atoms with E-state index in [0.29, 0.717) is 6.42 Å². The van der Waals surface area contributed by atoms with Crippen molar-refractivity contribution in [1.29, 1.82) is 0 Å². The number of guanidine groups is 1. The van der Waals surface area contributed by atoms with Crippen LogP contribution in [-0.2, 0) is 49.8 Å². The van der Waals surface area contributed by atoms with Crippen LogP contribution in [0.1, 0.15) is 42.0 Å². The number of nitrogens with one attached hydrogen (secondary N) is 3. The molecule has 0 unspecified atom stereocenters. The van der Waals surface area contributed by atoms with Crippen LogP contribution < -0.4 is 33.2 Å². The highest BCUT2D eigenvalue weighted by Crippen LogP contribution is 2.25. The Balaban J connectivity index is 1.41. The van der Waals surface area contributed by atoms with Crippen LogP contribution in [0.25, 0.3) is 10.8 Å². The lowest BCUT2D eigenvalue weighted by Crippen LogP contribution is -2.60. The highest BCUT2D eigenvalue weighted by atomic mass is 127. The van der Waals surface area contributed by atoms with Crippen LogP contribution >= 0.6 is 22.6 Å². The summed E-state index contributed by atoms with van der Waals surface area (Å²) in [5.74, 6) is -2.88. The zero-order valence-corrected chi connectivity index (χ0v) is 32.1. The molecule has 0 radical (unpaired) electrons. The van der Waals surface area contributed by atoms with E-state index < -0.39 is 53.7 Å². The number of benzene rings is 4. The minimum absolute atomic E-state index is 0.107. The molecule has 1 aliphatic heterocycles. The maximum Gasteiger partial charge on any atom is 0.246 e. The number of fused-ring (bicyclic) bond motifs is 2. The fraction of sp³-hybridized carbons (Fsp3) is 0.300. The Morgan fingerprint density at radius 2 is 1.37 bits per heavy atom. The molecule has 5 amide bonds. The third-order valence-electron chi connectivity index (χ3n) is 9.35. The topological polar surface area (TPSA) is 215 Å². The van der Waals surface area contributed by atoms with Crippen LogP contribution in [0.2, 0.25) is 0 Å². The van der Waals surface area contributed by atoms with Gasteiger partial charge in [-0.05, 0) is 80.6 Å². The maximum atomic E-state index is 14.5. The van der Waals surface area contributed by atoms with Gasteiger partial charge >= 0.3 is 0 Å². The standard InChI is InChI=1S/C40H45IN8O5/c1-24(50)46-33(21-26-12-15-27-7-2-3-8-28(27)19-26)38(53)47-32(11-6-18-45-40(43)44)37(52)48-34(20-25-13-16-31(41)17-14-25)39(54)49-23-30-10-5-4-9-29(30)22-35(49)36(42)51/h2-5,7-10,12-17,19,32-35H,6,11,18,20-23H2,1H3,(H2,42,51)(H,46,50)(H,47,53)(H,48,52)(H4,43,44,45)/t32-,33-,34+,35-/m0/s1. The van der Waals surface area contributed by atoms with Gasteiger partial charge in [0, 0.05) is 42.8 Å². The minimum atomic E-state index is -1.14. The minimum Gasteiger partial charge on any atom is -0.370 e. The van der Waals surface area contributed by atoms with Crippen LogP contribution in [0.4, 0.5) is 0 Å². The maximum absolute atomic E-state index is 14.5. The van der Waals surface area contributed by atoms with Crippen molar-refractivity contribution in [2.45, 2.75) is 69.7 Å². The molecule has 0 fully saturated rings. The molecule has 4 aromatic rings. The highest BCUT2D eigenvalue weighted by Gasteiger charge is 2.38. The number of nitrogens with zero attached hydrogens (tertiary/aromatic N) is 2. The first-order valence-corrected chi connectivity index (χ1v) is 18.8. The molecular weight excluding hydrogens is 799 g/mol. The molecule has 0 saturated carbocycles. The van der Waals surface area contributed by atoms with Crippen molar-refractivity contribution in [3.63, 3.8) is 0 Å². The summed E-state index contributed by atoms with van der Waals surface area (Å²) in [6.45, 7) is 1.64. The summed E-state index contributed by atoms with van der Waals surface area (Å²) in [7, 11) is 0. The molecule has 13 nitrogen and oxygen atoms in total. The Kier molecular flexibility index (Phi) is 13.6. The third kappa shape index (κ3) is 10.8. The van der Waals surface area contributed by atoms with Gasteiger partial charge in [0.05, 0.1) is 0 Å². The van der Waals surface area contributed by atoms with E-state index in [1.807, 2.05) is 91.0 Å². The number of aliphatic imine (C=N–C) groups is 1. The average Bonchev–Trinajstić information content (AvgIpc) is 3.15. The average molecular weight is 845 g/mol. The highest BCUT2D eigenvalue weighted by molar-refractivity contribution is 14.1. The van der Waals surface area contributed by atoms with Crippen LogP contribution in [0, 0.1) is 3.57 Å². The first-order valence-electron chi connectivity index (χ1n) is 17.7. The molecule has 4 atom stereocenters. The van der Waals surface area contributed by atoms with Crippen LogP contribution in [0.5, 0.6) is 0 Å². The van der Waals surface area contributed by atoms with Gasteiger partial charge in [-0.3, -0.25) is 29.0 Å². The van der Waals surface area contributed by atoms with E-state index >= 15 is 0 Å². The molecular formula is C40H45IN8O5. The Morgan fingerprint density at radius 1 is 0.759 bits per heavy atom. The molecule has 0 aromatic heterocycles. The lowest BCUT2D eigenvalue weighted by molar-refractivity contribution is -0.144. The summed E-state index contributed by atoms with van der Waals surface area (Å²) in [6.07, 6.45) is 0.942. The number of carbonyl (C=O) groups is 5. The van der Waals surface area contributed by atoms with Crippen molar-refractivity contribution >= 4 is 68.9 Å². The predicted molar refractivity (Wildman–Crippen MR) is 216 cm³/mol. The Bertz CT molecular complexity index is 2030. The summed E-state index contributed by atoms with van der Waals surface area (Å²) in [5, 5.41) is 10.5. The number of rotatable bonds is 15. The Morgan fingerprint density at radius 3 is 2.06 bits per heavy atom. The lowest BCUT2D eigenvalue weighted by Gasteiger charge is -2.37. The van der Waals surface area contributed by atoms with Gasteiger partial charge in [-0.1, -0.05) is 78.9 Å². The SMILES string of the molecule is CC(=O)N[C@@H](Cc1ccc2ccccc2c1)C(=O)N[C@@H](CCCN=C(N)N)C(=O)N[C@H](Cc1ccc(I)cc1)C(=O)N1Cc2ccccc2C[C@H]1C(N)=O. The van der Waals surface area contributed by atoms with Crippen molar-refractivity contribution in [1.82, 2.24) is 20.9 Å². The summed E-state index contributed by atoms with van der Waals surface area (Å²) in [5.41, 5.74) is 20.3. The number of hydrogen-bond donors (Lipinski definition) is 6. The summed E-state index contributed by atoms with van der Waals surface area (Å²) in [4.78, 5) is 73.1. The molecule has 0 bridgehead atoms. The first-order chi connectivity index (χ1) is 25.9. The Labute approximate surface area is 327 Å². The Hall–Kier alpha value is -5.51. The van der Waals surface area contributed by atoms with E-state index in [-0.39, 0.29) is 44.7 Å². The number of primary amides is 1. The number of hydrogen-bond acceptors (Lipinski definition) is 6. The molecule has 54 heavy (non-hydrogen) atoms. The van der Waals surface area contributed by atoms with Gasteiger partial charge in [0.25, 0.3) is 0 Å². The van der Waals surface area contributed by atoms with Gasteiger partial charge in [0.2, 0.25) is 29.5 Å². The summed E-state index contributed by atoms with van der Waals surface area (Å²) in [6, 6.07) is 24.5. The quantitative estimate of drug-likeness (QED) is 0.0454. The second kappa shape index (κ2) is 18.5. The molecule has 1 aliphatic rings. The summed E-state index contributed by atoms with van der Waals surface area (Å²) >= 11 is 2.18. The number of halogens is 1. The predicted octanol–water partition coefficient (Wildman–Crippen LogP) is 2.20. The lowest BCUT2D eigenvalue weighted by atomic mass is 9.92. The van der Waals surface area contributed by atoms with Crippen molar-refractivity contribution < 1.29 is 24.0 Å². The third-order valence-corrected chi connectivity index (χ3v) is 10.1. The molecule has 5 rings (SSSR count). The van der Waals surface area contributed by atoms with Gasteiger partial charge in [0.1, 0.15) is 24.2 Å². The largest absolute Gasteiger partial charge is 0.370 e. The molecule has 4 aromatic carbocycles. The van der Waals surface area contributed by atoms with E-state index in [1.54, 1.807) is 0 Å². The van der Waals surface area contributed by atoms with E-state index in [0.717, 1.165) is 36.6 Å². The fourth-order valence-corrected chi connectivity index (χ4v) is 7.00. The molecule has 0 aliphatic carbocycles. The van der Waals surface area contributed by atoms with Gasteiger partial charge in [-0.15, -0.1) is 0 Å². The van der Waals surface area contributed by atoms with E-state index in [1.165, 1.54) is 11.8 Å². The fourth-order valence-electron chi connectivity index (χ4n) is 6.64. The smallest absolute Gasteiger partial charge is 0.246 e. The van der Waals surface area contributed by atoms with Crippen molar-refractivity contribution in [2.75, 3.05) is 6.54 Å². The van der Waals surface area contributed by atoms with Crippen LogP contribution in [-0.4, -0.2) is 71.1 Å². The van der Waals surface area contributed by atoms with E-state index in [2.05, 4.69) is 43.5 Å². The molecule has 282 valence electrons. The van der Waals surface area contributed by atoms with Crippen LogP contribution in [0.15, 0.2) is 96.0 Å². The van der Waals surface area contributed by atoms with Crippen LogP contribution in [0.3, 0.4) is 0 Å². The second-order valence-electron chi connectivity index (χ2n) is 13.4. The molecule has 1 heterocycles. The van der Waals surface area contributed by atoms with Crippen molar-refractivity contribution in [3.05, 3.63) is 117 Å². The first kappa shape index (κ1) is 39.7. The summed E-state index contributed by atoms with van der Waals surface area (Å²) < 4.78 is 0.991. The van der Waals surface area contributed by atoms with Crippen molar-refractivity contribution in [3.8, 4) is 0 Å². The van der Waals surface area contributed by atoms with Crippen molar-refractivity contribution in [2.24, 2.45) is 22.2 Å². The molecule has 14 heteroatoms. The second-order valence-corrected chi connectivity index (χ2v) is 14.6. The monoisotopic (exact) mass is 844 g/mol. The molecule has 0 saturated heterocycles. The van der Waals surface area contributed by atoms with Gasteiger partial charge < -0.3 is 38.1 Å². The molecule has 9 N–H and O–H groups in total. The van der Waals surface area contributed by atoms with Gasteiger partial charge in [-0.25, -0.2) is 0 Å². The normalized spacial score (nSPS) is 15.2. The number of nitrogens with two attached hydrogens (primary N) is 3. The zero-order chi connectivity index (χ0) is 38.8. The van der Waals surface area contributed by atoms with Gasteiger partial charge in [-0.2, -0.15) is 0 Å². The van der Waals surface area contributed by atoms with E-state index in [9.17, 15) is 24.0 Å². The van der Waals surface area contributed by atoms with Gasteiger partial charge in [0.15, 0.2) is 5.96 Å². The molecule has 0 spiro atoms. The zero-order valence-electron chi connectivity index (χ0n) is 30.0. The number of carbonyl (C=O) groups excluding carboxylic acids is 5.